The molecule has 0 amide bonds. The molecule has 1 aliphatic heterocycles. The molecule has 2 aromatic carbocycles. The van der Waals surface area contributed by atoms with E-state index in [0.717, 1.165) is 49.1 Å². The van der Waals surface area contributed by atoms with Crippen molar-refractivity contribution in [1.29, 1.82) is 0 Å². The molecule has 0 unspecified atom stereocenters. The van der Waals surface area contributed by atoms with Crippen molar-refractivity contribution in [1.82, 2.24) is 5.32 Å². The van der Waals surface area contributed by atoms with Crippen molar-refractivity contribution in [2.75, 3.05) is 25.0 Å². The first kappa shape index (κ1) is 25.7. The van der Waals surface area contributed by atoms with Crippen molar-refractivity contribution in [3.63, 3.8) is 0 Å². The molecule has 0 aliphatic carbocycles. The minimum Gasteiger partial charge on any atom is -0.465 e. The number of benzene rings is 2. The van der Waals surface area contributed by atoms with Crippen molar-refractivity contribution in [3.8, 4) is 0 Å². The van der Waals surface area contributed by atoms with Crippen LogP contribution in [0.2, 0.25) is 10.0 Å². The summed E-state index contributed by atoms with van der Waals surface area (Å²) in [6.45, 7) is 1.92. The lowest BCUT2D eigenvalue weighted by molar-refractivity contribution is -0.143. The highest BCUT2D eigenvalue weighted by molar-refractivity contribution is 7.99. The van der Waals surface area contributed by atoms with Crippen molar-refractivity contribution in [2.24, 2.45) is 4.58 Å². The van der Waals surface area contributed by atoms with E-state index in [4.69, 9.17) is 27.9 Å². The maximum Gasteiger partial charge on any atom is 0.310 e. The van der Waals surface area contributed by atoms with E-state index in [9.17, 15) is 9.70 Å². The van der Waals surface area contributed by atoms with Gasteiger partial charge in [-0.15, -0.1) is 17.3 Å². The zero-order valence-electron chi connectivity index (χ0n) is 16.7. The summed E-state index contributed by atoms with van der Waals surface area (Å²) in [6, 6.07) is 12.7. The van der Waals surface area contributed by atoms with Crippen LogP contribution in [-0.2, 0) is 16.0 Å². The Morgan fingerprint density at radius 2 is 1.81 bits per heavy atom. The van der Waals surface area contributed by atoms with Gasteiger partial charge in [0.2, 0.25) is 0 Å². The molecule has 1 fully saturated rings. The minimum absolute atomic E-state index is 0. The fraction of sp³-hybridized carbons (Fsp3) is 0.381. The van der Waals surface area contributed by atoms with Gasteiger partial charge in [0.1, 0.15) is 0 Å². The highest BCUT2D eigenvalue weighted by Crippen LogP contribution is 2.38. The molecule has 0 spiro atoms. The summed E-state index contributed by atoms with van der Waals surface area (Å²) in [5.41, 5.74) is 2.10. The van der Waals surface area contributed by atoms with Gasteiger partial charge in [0.25, 0.3) is 0 Å². The van der Waals surface area contributed by atoms with Crippen molar-refractivity contribution in [3.05, 3.63) is 63.0 Å². The molecule has 0 bridgehead atoms. The van der Waals surface area contributed by atoms with Gasteiger partial charge in [-0.1, -0.05) is 47.5 Å². The smallest absolute Gasteiger partial charge is 0.310 e. The number of anilines is 2. The number of carbonyl (C=O) groups excluding carboxylic acids is 1. The van der Waals surface area contributed by atoms with E-state index in [2.05, 4.69) is 15.2 Å². The fourth-order valence-corrected chi connectivity index (χ4v) is 4.67. The summed E-state index contributed by atoms with van der Waals surface area (Å²) in [7, 11) is 0. The SMILES string of the molecule is Cl.O=NSC1(CCOC(=O)Cc2ccccc2Nc2c(Cl)cccc2Cl)CCNCC1. The normalized spacial score (nSPS) is 14.9. The molecule has 0 saturated carbocycles. The Morgan fingerprint density at radius 3 is 2.48 bits per heavy atom. The Hall–Kier alpha value is -1.51. The monoisotopic (exact) mass is 503 g/mol. The molecule has 1 heterocycles. The molecule has 10 heteroatoms. The second kappa shape index (κ2) is 12.5. The predicted octanol–water partition coefficient (Wildman–Crippen LogP) is 6.17. The lowest BCUT2D eigenvalue weighted by Gasteiger charge is -2.33. The maximum atomic E-state index is 12.4. The first-order valence-corrected chi connectivity index (χ1v) is 11.2. The third kappa shape index (κ3) is 7.26. The molecule has 2 aromatic rings. The Bertz CT molecular complexity index is 875. The van der Waals surface area contributed by atoms with Crippen LogP contribution in [-0.4, -0.2) is 30.4 Å². The van der Waals surface area contributed by atoms with E-state index >= 15 is 0 Å². The number of rotatable bonds is 9. The highest BCUT2D eigenvalue weighted by Gasteiger charge is 2.34. The van der Waals surface area contributed by atoms with Crippen LogP contribution >= 0.6 is 47.6 Å². The van der Waals surface area contributed by atoms with E-state index in [1.54, 1.807) is 18.2 Å². The zero-order valence-corrected chi connectivity index (χ0v) is 19.9. The van der Waals surface area contributed by atoms with Crippen LogP contribution in [0.25, 0.3) is 0 Å². The van der Waals surface area contributed by atoms with E-state index in [0.29, 0.717) is 22.2 Å². The molecule has 0 radical (unpaired) electrons. The number of hydrogen-bond donors (Lipinski definition) is 2. The van der Waals surface area contributed by atoms with Gasteiger partial charge in [-0.25, -0.2) is 0 Å². The number of ether oxygens (including phenoxy) is 1. The average Bonchev–Trinajstić information content (AvgIpc) is 2.73. The summed E-state index contributed by atoms with van der Waals surface area (Å²) < 4.78 is 8.25. The van der Waals surface area contributed by atoms with Crippen LogP contribution in [0.5, 0.6) is 0 Å². The molecule has 2 N–H and O–H groups in total. The van der Waals surface area contributed by atoms with Crippen LogP contribution in [0.4, 0.5) is 11.4 Å². The number of hydrogen-bond acceptors (Lipinski definition) is 7. The summed E-state index contributed by atoms with van der Waals surface area (Å²) in [5, 5.41) is 7.48. The Morgan fingerprint density at radius 1 is 1.13 bits per heavy atom. The molecule has 6 nitrogen and oxygen atoms in total. The van der Waals surface area contributed by atoms with E-state index < -0.39 is 0 Å². The van der Waals surface area contributed by atoms with E-state index in [-0.39, 0.29) is 36.2 Å². The molecule has 1 saturated heterocycles. The van der Waals surface area contributed by atoms with Crippen LogP contribution in [0, 0.1) is 4.91 Å². The Kier molecular flexibility index (Phi) is 10.4. The number of nitrogens with zero attached hydrogens (tertiary/aromatic N) is 1. The predicted molar refractivity (Wildman–Crippen MR) is 131 cm³/mol. The molecule has 0 atom stereocenters. The van der Waals surface area contributed by atoms with Gasteiger partial charge in [-0.05, 0) is 56.1 Å². The summed E-state index contributed by atoms with van der Waals surface area (Å²) in [6.07, 6.45) is 2.36. The second-order valence-electron chi connectivity index (χ2n) is 7.12. The van der Waals surface area contributed by atoms with Crippen molar-refractivity contribution >= 4 is 64.9 Å². The number of para-hydroxylation sites is 2. The van der Waals surface area contributed by atoms with Gasteiger partial charge in [0, 0.05) is 27.0 Å². The third-order valence-corrected chi connectivity index (χ3v) is 6.85. The second-order valence-corrected chi connectivity index (χ2v) is 9.14. The maximum absolute atomic E-state index is 12.4. The van der Waals surface area contributed by atoms with E-state index in [1.165, 1.54) is 0 Å². The molecular formula is C21H24Cl3N3O3S. The summed E-state index contributed by atoms with van der Waals surface area (Å²) in [5.74, 6) is -0.331. The Labute approximate surface area is 202 Å². The number of halogens is 3. The molecule has 3 rings (SSSR count). The van der Waals surface area contributed by atoms with Crippen LogP contribution in [0.1, 0.15) is 24.8 Å². The first-order valence-electron chi connectivity index (χ1n) is 9.69. The van der Waals surface area contributed by atoms with Crippen LogP contribution < -0.4 is 10.6 Å². The molecular weight excluding hydrogens is 481 g/mol. The highest BCUT2D eigenvalue weighted by atomic mass is 35.5. The Balaban J connectivity index is 0.00000341. The van der Waals surface area contributed by atoms with E-state index in [1.807, 2.05) is 24.3 Å². The van der Waals surface area contributed by atoms with Gasteiger partial charge in [-0.3, -0.25) is 4.79 Å². The molecule has 0 aromatic heterocycles. The zero-order chi connectivity index (χ0) is 21.4. The molecule has 31 heavy (non-hydrogen) atoms. The van der Waals surface area contributed by atoms with Gasteiger partial charge >= 0.3 is 5.97 Å². The number of esters is 1. The number of piperidine rings is 1. The minimum atomic E-state index is -0.331. The van der Waals surface area contributed by atoms with Crippen LogP contribution in [0.15, 0.2) is 47.0 Å². The third-order valence-electron chi connectivity index (χ3n) is 5.14. The molecule has 168 valence electrons. The van der Waals surface area contributed by atoms with Crippen molar-refractivity contribution in [2.45, 2.75) is 30.4 Å². The standard InChI is InChI=1S/C21H23Cl2N3O3S.ClH/c22-16-5-3-6-17(23)20(16)25-18-7-2-1-4-15(18)14-19(27)29-13-10-21(30-26-28)8-11-24-12-9-21;/h1-7,24-25H,8-14H2;1H. The number of nitroso groups, excluding NO2 is 1. The average molecular weight is 505 g/mol. The topological polar surface area (TPSA) is 79.8 Å². The quantitative estimate of drug-likeness (QED) is 0.241. The summed E-state index contributed by atoms with van der Waals surface area (Å²) in [4.78, 5) is 23.3. The number of carbonyl (C=O) groups is 1. The lowest BCUT2D eigenvalue weighted by atomic mass is 9.94. The summed E-state index contributed by atoms with van der Waals surface area (Å²) >= 11 is 13.6. The first-order chi connectivity index (χ1) is 14.5. The van der Waals surface area contributed by atoms with Gasteiger partial charge in [-0.2, -0.15) is 0 Å². The van der Waals surface area contributed by atoms with Gasteiger partial charge in [0.15, 0.2) is 0 Å². The lowest BCUT2D eigenvalue weighted by Crippen LogP contribution is -2.40. The fourth-order valence-electron chi connectivity index (χ4n) is 3.45. The number of nitrogens with one attached hydrogen (secondary N) is 2. The van der Waals surface area contributed by atoms with Crippen molar-refractivity contribution < 1.29 is 9.53 Å². The van der Waals surface area contributed by atoms with Crippen LogP contribution in [0.3, 0.4) is 0 Å². The largest absolute Gasteiger partial charge is 0.465 e. The molecule has 1 aliphatic rings. The van der Waals surface area contributed by atoms with Gasteiger partial charge in [0.05, 0.1) is 28.8 Å². The van der Waals surface area contributed by atoms with Gasteiger partial charge < -0.3 is 15.4 Å².